The maximum atomic E-state index is 13.3. The van der Waals surface area contributed by atoms with Crippen LogP contribution >= 0.6 is 0 Å². The molecule has 0 bridgehead atoms. The van der Waals surface area contributed by atoms with Crippen LogP contribution in [-0.4, -0.2) is 21.7 Å². The van der Waals surface area contributed by atoms with E-state index >= 15 is 0 Å². The molecule has 1 amide bonds. The molecule has 28 heavy (non-hydrogen) atoms. The first-order valence-corrected chi connectivity index (χ1v) is 8.94. The van der Waals surface area contributed by atoms with Crippen LogP contribution in [0.2, 0.25) is 0 Å². The second kappa shape index (κ2) is 6.78. The Morgan fingerprint density at radius 2 is 1.71 bits per heavy atom. The molecular formula is C23H19N3O2. The van der Waals surface area contributed by atoms with E-state index in [1.807, 2.05) is 50.2 Å². The van der Waals surface area contributed by atoms with Crippen molar-refractivity contribution in [3.8, 4) is 11.1 Å². The van der Waals surface area contributed by atoms with Crippen molar-refractivity contribution in [3.05, 3.63) is 88.7 Å². The summed E-state index contributed by atoms with van der Waals surface area (Å²) in [5.74, 6) is -0.519. The molecule has 4 aromatic rings. The van der Waals surface area contributed by atoms with Gasteiger partial charge in [0.2, 0.25) is 5.91 Å². The van der Waals surface area contributed by atoms with E-state index in [9.17, 15) is 9.59 Å². The third-order valence-corrected chi connectivity index (χ3v) is 4.94. The van der Waals surface area contributed by atoms with Crippen molar-refractivity contribution in [2.45, 2.75) is 13.8 Å². The summed E-state index contributed by atoms with van der Waals surface area (Å²) in [6.07, 6.45) is 3.41. The molecule has 0 aliphatic rings. The molecule has 2 aromatic carbocycles. The summed E-state index contributed by atoms with van der Waals surface area (Å²) in [4.78, 5) is 32.1. The van der Waals surface area contributed by atoms with Gasteiger partial charge in [0.05, 0.1) is 5.56 Å². The van der Waals surface area contributed by atoms with E-state index in [2.05, 4.69) is 9.97 Å². The lowest BCUT2D eigenvalue weighted by atomic mass is 9.94. The normalized spacial score (nSPS) is 10.9. The Labute approximate surface area is 162 Å². The number of aromatic amines is 1. The average Bonchev–Trinajstić information content (AvgIpc) is 3.13. The largest absolute Gasteiger partial charge is 0.366 e. The van der Waals surface area contributed by atoms with E-state index in [1.54, 1.807) is 24.5 Å². The molecule has 5 nitrogen and oxygen atoms in total. The number of ketones is 1. The predicted molar refractivity (Wildman–Crippen MR) is 109 cm³/mol. The number of nitrogens with zero attached hydrogens (tertiary/aromatic N) is 1. The third-order valence-electron chi connectivity index (χ3n) is 4.94. The van der Waals surface area contributed by atoms with Gasteiger partial charge in [0.1, 0.15) is 5.65 Å². The molecule has 0 saturated heterocycles. The maximum absolute atomic E-state index is 13.3. The molecule has 0 fully saturated rings. The number of fused-ring (bicyclic) bond motifs is 1. The number of H-pyrrole nitrogens is 1. The number of aryl methyl sites for hydroxylation is 2. The molecule has 4 rings (SSSR count). The number of rotatable bonds is 4. The summed E-state index contributed by atoms with van der Waals surface area (Å²) in [5.41, 5.74) is 11.4. The monoisotopic (exact) mass is 369 g/mol. The van der Waals surface area contributed by atoms with Gasteiger partial charge in [0, 0.05) is 28.9 Å². The summed E-state index contributed by atoms with van der Waals surface area (Å²) in [5, 5.41) is 0.764. The Bertz CT molecular complexity index is 1220. The van der Waals surface area contributed by atoms with Crippen LogP contribution in [0, 0.1) is 13.8 Å². The van der Waals surface area contributed by atoms with Crippen molar-refractivity contribution in [2.24, 2.45) is 5.73 Å². The van der Waals surface area contributed by atoms with Gasteiger partial charge >= 0.3 is 0 Å². The van der Waals surface area contributed by atoms with Crippen molar-refractivity contribution in [3.63, 3.8) is 0 Å². The second-order valence-electron chi connectivity index (χ2n) is 6.87. The molecule has 0 saturated carbocycles. The zero-order chi connectivity index (χ0) is 19.8. The topological polar surface area (TPSA) is 88.8 Å². The molecule has 2 aromatic heterocycles. The number of primary amides is 1. The Hall–Kier alpha value is -3.73. The van der Waals surface area contributed by atoms with E-state index in [0.717, 1.165) is 27.6 Å². The fourth-order valence-electron chi connectivity index (χ4n) is 3.42. The zero-order valence-electron chi connectivity index (χ0n) is 15.6. The first kappa shape index (κ1) is 17.7. The second-order valence-corrected chi connectivity index (χ2v) is 6.87. The molecule has 0 radical (unpaired) electrons. The van der Waals surface area contributed by atoms with Crippen molar-refractivity contribution in [2.75, 3.05) is 0 Å². The van der Waals surface area contributed by atoms with Crippen LogP contribution in [0.4, 0.5) is 0 Å². The SMILES string of the molecule is Cc1ccc(C)c(C(=O)c2c[nH]c3nccc(-c4ccc(C(N)=O)cc4)c23)c1. The number of carbonyl (C=O) groups is 2. The predicted octanol–water partition coefficient (Wildman–Crippen LogP) is 4.18. The third kappa shape index (κ3) is 2.97. The Morgan fingerprint density at radius 3 is 2.43 bits per heavy atom. The van der Waals surface area contributed by atoms with Crippen LogP contribution < -0.4 is 5.73 Å². The molecule has 0 atom stereocenters. The number of pyridine rings is 1. The van der Waals surface area contributed by atoms with Crippen molar-refractivity contribution in [1.29, 1.82) is 0 Å². The van der Waals surface area contributed by atoms with Gasteiger partial charge in [-0.15, -0.1) is 0 Å². The van der Waals surface area contributed by atoms with Gasteiger partial charge in [0.15, 0.2) is 5.78 Å². The highest BCUT2D eigenvalue weighted by Crippen LogP contribution is 2.32. The number of aromatic nitrogens is 2. The van der Waals surface area contributed by atoms with Gasteiger partial charge in [-0.2, -0.15) is 0 Å². The van der Waals surface area contributed by atoms with Crippen molar-refractivity contribution < 1.29 is 9.59 Å². The van der Waals surface area contributed by atoms with Crippen molar-refractivity contribution in [1.82, 2.24) is 9.97 Å². The fourth-order valence-corrected chi connectivity index (χ4v) is 3.42. The summed E-state index contributed by atoms with van der Waals surface area (Å²) in [7, 11) is 0. The van der Waals surface area contributed by atoms with E-state index in [-0.39, 0.29) is 5.78 Å². The summed E-state index contributed by atoms with van der Waals surface area (Å²) in [6.45, 7) is 3.90. The van der Waals surface area contributed by atoms with Crippen LogP contribution in [0.3, 0.4) is 0 Å². The lowest BCUT2D eigenvalue weighted by Gasteiger charge is -2.09. The average molecular weight is 369 g/mol. The highest BCUT2D eigenvalue weighted by molar-refractivity contribution is 6.19. The number of benzene rings is 2. The van der Waals surface area contributed by atoms with Crippen LogP contribution in [0.25, 0.3) is 22.2 Å². The summed E-state index contributed by atoms with van der Waals surface area (Å²) in [6, 6.07) is 14.8. The van der Waals surface area contributed by atoms with Crippen LogP contribution in [-0.2, 0) is 0 Å². The molecule has 3 N–H and O–H groups in total. The van der Waals surface area contributed by atoms with E-state index in [4.69, 9.17) is 5.73 Å². The standard InChI is InChI=1S/C23H19N3O2/c1-13-3-4-14(2)18(11-13)21(27)19-12-26-23-20(19)17(9-10-25-23)15-5-7-16(8-6-15)22(24)28/h3-12H,1-2H3,(H2,24,28)(H,25,26). The van der Waals surface area contributed by atoms with Crippen LogP contribution in [0.15, 0.2) is 60.9 Å². The number of hydrogen-bond acceptors (Lipinski definition) is 3. The lowest BCUT2D eigenvalue weighted by molar-refractivity contribution is 0.0998. The minimum atomic E-state index is -0.473. The smallest absolute Gasteiger partial charge is 0.248 e. The molecule has 138 valence electrons. The maximum Gasteiger partial charge on any atom is 0.248 e. The number of amides is 1. The Morgan fingerprint density at radius 1 is 0.964 bits per heavy atom. The molecule has 0 spiro atoms. The minimum absolute atomic E-state index is 0.0459. The van der Waals surface area contributed by atoms with E-state index < -0.39 is 5.91 Å². The first-order chi connectivity index (χ1) is 13.5. The molecule has 2 heterocycles. The summed E-state index contributed by atoms with van der Waals surface area (Å²) >= 11 is 0. The highest BCUT2D eigenvalue weighted by Gasteiger charge is 2.19. The first-order valence-electron chi connectivity index (χ1n) is 8.94. The quantitative estimate of drug-likeness (QED) is 0.529. The lowest BCUT2D eigenvalue weighted by Crippen LogP contribution is -2.10. The Kier molecular flexibility index (Phi) is 4.28. The number of carbonyl (C=O) groups excluding carboxylic acids is 2. The minimum Gasteiger partial charge on any atom is -0.366 e. The van der Waals surface area contributed by atoms with Gasteiger partial charge in [-0.1, -0.05) is 29.8 Å². The highest BCUT2D eigenvalue weighted by atomic mass is 16.1. The number of hydrogen-bond donors (Lipinski definition) is 2. The molecule has 0 unspecified atom stereocenters. The van der Waals surface area contributed by atoms with E-state index in [1.165, 1.54) is 0 Å². The van der Waals surface area contributed by atoms with Crippen LogP contribution in [0.5, 0.6) is 0 Å². The van der Waals surface area contributed by atoms with Gasteiger partial charge in [-0.25, -0.2) is 4.98 Å². The fraction of sp³-hybridized carbons (Fsp3) is 0.0870. The number of nitrogens with two attached hydrogens (primary N) is 1. The van der Waals surface area contributed by atoms with Gasteiger partial charge in [-0.3, -0.25) is 9.59 Å². The van der Waals surface area contributed by atoms with Crippen molar-refractivity contribution >= 4 is 22.7 Å². The Balaban J connectivity index is 1.89. The van der Waals surface area contributed by atoms with Gasteiger partial charge < -0.3 is 10.7 Å². The van der Waals surface area contributed by atoms with Crippen LogP contribution in [0.1, 0.15) is 37.4 Å². The number of nitrogens with one attached hydrogen (secondary N) is 1. The molecule has 0 aliphatic heterocycles. The molecule has 5 heteroatoms. The summed E-state index contributed by atoms with van der Waals surface area (Å²) < 4.78 is 0. The molecule has 0 aliphatic carbocycles. The zero-order valence-corrected chi connectivity index (χ0v) is 15.6. The van der Waals surface area contributed by atoms with Gasteiger partial charge in [-0.05, 0) is 54.8 Å². The van der Waals surface area contributed by atoms with E-state index in [0.29, 0.717) is 22.3 Å². The molecular weight excluding hydrogens is 350 g/mol. The van der Waals surface area contributed by atoms with Gasteiger partial charge in [0.25, 0.3) is 0 Å².